The van der Waals surface area contributed by atoms with Crippen LogP contribution >= 0.6 is 0 Å². The second-order valence-corrected chi connectivity index (χ2v) is 3.31. The molecule has 0 spiro atoms. The van der Waals surface area contributed by atoms with E-state index in [2.05, 4.69) is 10.2 Å². The van der Waals surface area contributed by atoms with Gasteiger partial charge in [-0.1, -0.05) is 60.7 Å². The summed E-state index contributed by atoms with van der Waals surface area (Å²) in [4.78, 5) is 0. The van der Waals surface area contributed by atoms with Crippen LogP contribution in [0.1, 0.15) is 11.1 Å². The molecule has 78 valence electrons. The Kier molecular flexibility index (Phi) is 3.61. The van der Waals surface area contributed by atoms with Gasteiger partial charge in [0.1, 0.15) is 0 Å². The lowest BCUT2D eigenvalue weighted by molar-refractivity contribution is 1.26. The number of rotatable bonds is 3. The lowest BCUT2D eigenvalue weighted by atomic mass is 10.2. The third-order valence-corrected chi connectivity index (χ3v) is 2.08. The summed E-state index contributed by atoms with van der Waals surface area (Å²) in [6, 6.07) is 19.8. The third kappa shape index (κ3) is 3.17. The van der Waals surface area contributed by atoms with Gasteiger partial charge in [-0.15, -0.1) is 0 Å². The van der Waals surface area contributed by atoms with Crippen molar-refractivity contribution < 1.29 is 0 Å². The lowest BCUT2D eigenvalue weighted by Crippen LogP contribution is -1.79. The highest BCUT2D eigenvalue weighted by Crippen LogP contribution is 1.96. The van der Waals surface area contributed by atoms with Crippen LogP contribution in [0.25, 0.3) is 0 Å². The number of hydrogen-bond donors (Lipinski definition) is 0. The minimum absolute atomic E-state index is 1.05. The lowest BCUT2D eigenvalue weighted by Gasteiger charge is -1.89. The van der Waals surface area contributed by atoms with Crippen LogP contribution in [0.5, 0.6) is 0 Å². The maximum atomic E-state index is 3.98. The van der Waals surface area contributed by atoms with E-state index >= 15 is 0 Å². The molecule has 0 amide bonds. The monoisotopic (exact) mass is 208 g/mol. The molecule has 0 aliphatic rings. The highest BCUT2D eigenvalue weighted by molar-refractivity contribution is 5.82. The van der Waals surface area contributed by atoms with Crippen LogP contribution in [-0.4, -0.2) is 12.4 Å². The molecule has 2 aromatic carbocycles. The zero-order valence-electron chi connectivity index (χ0n) is 8.82. The van der Waals surface area contributed by atoms with E-state index < -0.39 is 0 Å². The molecular formula is C14H12N2. The molecular weight excluding hydrogens is 196 g/mol. The van der Waals surface area contributed by atoms with Gasteiger partial charge in [-0.3, -0.25) is 0 Å². The Hall–Kier alpha value is -2.22. The molecule has 0 aromatic heterocycles. The topological polar surface area (TPSA) is 24.7 Å². The SMILES string of the molecule is C(=N/N=C/c1ccccc1)c1ccccc1. The summed E-state index contributed by atoms with van der Waals surface area (Å²) in [7, 11) is 0. The summed E-state index contributed by atoms with van der Waals surface area (Å²) in [6.07, 6.45) is 3.47. The van der Waals surface area contributed by atoms with Crippen molar-refractivity contribution in [3.05, 3.63) is 71.8 Å². The van der Waals surface area contributed by atoms with Gasteiger partial charge in [-0.25, -0.2) is 0 Å². The first-order valence-electron chi connectivity index (χ1n) is 5.12. The van der Waals surface area contributed by atoms with Crippen LogP contribution in [0, 0.1) is 0 Å². The van der Waals surface area contributed by atoms with Crippen LogP contribution in [-0.2, 0) is 0 Å². The van der Waals surface area contributed by atoms with Crippen molar-refractivity contribution in [2.45, 2.75) is 0 Å². The molecule has 2 nitrogen and oxygen atoms in total. The molecule has 0 bridgehead atoms. The first kappa shape index (κ1) is 10.3. The second kappa shape index (κ2) is 5.61. The summed E-state index contributed by atoms with van der Waals surface area (Å²) in [6.45, 7) is 0. The van der Waals surface area contributed by atoms with Crippen LogP contribution in [0.15, 0.2) is 70.9 Å². The Morgan fingerprint density at radius 2 is 0.938 bits per heavy atom. The predicted octanol–water partition coefficient (Wildman–Crippen LogP) is 3.14. The number of benzene rings is 2. The molecule has 0 N–H and O–H groups in total. The predicted molar refractivity (Wildman–Crippen MR) is 68.1 cm³/mol. The standard InChI is InChI=1S/C14H12N2/c1-3-7-13(8-4-1)11-15-16-12-14-9-5-2-6-10-14/h1-12H/b15-11+,16-12?. The summed E-state index contributed by atoms with van der Waals surface area (Å²) in [5.74, 6) is 0. The molecule has 0 unspecified atom stereocenters. The Balaban J connectivity index is 1.98. The Morgan fingerprint density at radius 3 is 1.31 bits per heavy atom. The fourth-order valence-electron chi connectivity index (χ4n) is 1.28. The van der Waals surface area contributed by atoms with E-state index in [4.69, 9.17) is 0 Å². The largest absolute Gasteiger partial charge is 0.159 e. The van der Waals surface area contributed by atoms with E-state index in [1.54, 1.807) is 12.4 Å². The molecule has 0 saturated heterocycles. The molecule has 2 heteroatoms. The molecule has 0 fully saturated rings. The molecule has 16 heavy (non-hydrogen) atoms. The molecule has 0 radical (unpaired) electrons. The highest BCUT2D eigenvalue weighted by Gasteiger charge is 1.83. The smallest absolute Gasteiger partial charge is 0.0568 e. The summed E-state index contributed by atoms with van der Waals surface area (Å²) >= 11 is 0. The second-order valence-electron chi connectivity index (χ2n) is 3.31. The van der Waals surface area contributed by atoms with Crippen LogP contribution in [0.4, 0.5) is 0 Å². The Labute approximate surface area is 95.0 Å². The number of hydrogen-bond acceptors (Lipinski definition) is 2. The maximum absolute atomic E-state index is 3.98. The van der Waals surface area contributed by atoms with Crippen molar-refractivity contribution in [2.75, 3.05) is 0 Å². The van der Waals surface area contributed by atoms with Crippen molar-refractivity contribution in [2.24, 2.45) is 10.2 Å². The van der Waals surface area contributed by atoms with Gasteiger partial charge in [0.2, 0.25) is 0 Å². The first-order valence-corrected chi connectivity index (χ1v) is 5.12. The van der Waals surface area contributed by atoms with Crippen LogP contribution in [0.3, 0.4) is 0 Å². The molecule has 0 atom stereocenters. The molecule has 0 aliphatic heterocycles. The fraction of sp³-hybridized carbons (Fsp3) is 0. The van der Waals surface area contributed by atoms with E-state index in [0.29, 0.717) is 0 Å². The van der Waals surface area contributed by atoms with E-state index in [1.165, 1.54) is 0 Å². The third-order valence-electron chi connectivity index (χ3n) is 2.08. The van der Waals surface area contributed by atoms with Crippen LogP contribution in [0.2, 0.25) is 0 Å². The van der Waals surface area contributed by atoms with Gasteiger partial charge in [-0.05, 0) is 11.1 Å². The number of nitrogens with zero attached hydrogens (tertiary/aromatic N) is 2. The zero-order chi connectivity index (χ0) is 11.1. The summed E-state index contributed by atoms with van der Waals surface area (Å²) in [5, 5.41) is 7.96. The van der Waals surface area contributed by atoms with Gasteiger partial charge in [0, 0.05) is 0 Å². The van der Waals surface area contributed by atoms with Crippen molar-refractivity contribution in [3.8, 4) is 0 Å². The summed E-state index contributed by atoms with van der Waals surface area (Å²) < 4.78 is 0. The van der Waals surface area contributed by atoms with Gasteiger partial charge in [-0.2, -0.15) is 10.2 Å². The van der Waals surface area contributed by atoms with E-state index in [1.807, 2.05) is 60.7 Å². The van der Waals surface area contributed by atoms with Gasteiger partial charge in [0.25, 0.3) is 0 Å². The minimum atomic E-state index is 1.05. The fourth-order valence-corrected chi connectivity index (χ4v) is 1.28. The quantitative estimate of drug-likeness (QED) is 0.547. The van der Waals surface area contributed by atoms with Crippen molar-refractivity contribution in [3.63, 3.8) is 0 Å². The molecule has 0 aliphatic carbocycles. The van der Waals surface area contributed by atoms with Gasteiger partial charge in [0.15, 0.2) is 0 Å². The van der Waals surface area contributed by atoms with Crippen molar-refractivity contribution >= 4 is 12.4 Å². The maximum Gasteiger partial charge on any atom is 0.0568 e. The highest BCUT2D eigenvalue weighted by atomic mass is 15.2. The van der Waals surface area contributed by atoms with E-state index in [9.17, 15) is 0 Å². The molecule has 2 aromatic rings. The Morgan fingerprint density at radius 1 is 0.562 bits per heavy atom. The van der Waals surface area contributed by atoms with Gasteiger partial charge < -0.3 is 0 Å². The summed E-state index contributed by atoms with van der Waals surface area (Å²) in [5.41, 5.74) is 2.10. The van der Waals surface area contributed by atoms with Crippen molar-refractivity contribution in [1.29, 1.82) is 0 Å². The zero-order valence-corrected chi connectivity index (χ0v) is 8.82. The minimum Gasteiger partial charge on any atom is -0.159 e. The normalized spacial score (nSPS) is 11.2. The molecule has 0 saturated carbocycles. The molecule has 2 rings (SSSR count). The van der Waals surface area contributed by atoms with Crippen LogP contribution < -0.4 is 0 Å². The molecule has 0 heterocycles. The van der Waals surface area contributed by atoms with Crippen molar-refractivity contribution in [1.82, 2.24) is 0 Å². The van der Waals surface area contributed by atoms with E-state index in [-0.39, 0.29) is 0 Å². The first-order chi connectivity index (χ1) is 7.95. The van der Waals surface area contributed by atoms with E-state index in [0.717, 1.165) is 11.1 Å². The Bertz CT molecular complexity index is 425. The van der Waals surface area contributed by atoms with Gasteiger partial charge in [0.05, 0.1) is 12.4 Å². The average Bonchev–Trinajstić information content (AvgIpc) is 2.37. The van der Waals surface area contributed by atoms with Gasteiger partial charge >= 0.3 is 0 Å². The average molecular weight is 208 g/mol.